The van der Waals surface area contributed by atoms with Crippen LogP contribution in [0, 0.1) is 19.8 Å². The van der Waals surface area contributed by atoms with E-state index in [9.17, 15) is 9.90 Å². The maximum Gasteiger partial charge on any atom is 0.311 e. The van der Waals surface area contributed by atoms with Gasteiger partial charge in [-0.1, -0.05) is 46.8 Å². The molecule has 0 radical (unpaired) electrons. The summed E-state index contributed by atoms with van der Waals surface area (Å²) in [4.78, 5) is 11.5. The second kappa shape index (κ2) is 5.36. The van der Waals surface area contributed by atoms with Crippen molar-refractivity contribution in [3.63, 3.8) is 0 Å². The summed E-state index contributed by atoms with van der Waals surface area (Å²) >= 11 is 0. The molecule has 0 aromatic heterocycles. The molecule has 0 amide bonds. The van der Waals surface area contributed by atoms with E-state index in [0.29, 0.717) is 0 Å². The molecule has 0 bridgehead atoms. The van der Waals surface area contributed by atoms with Gasteiger partial charge in [0.2, 0.25) is 0 Å². The van der Waals surface area contributed by atoms with Crippen LogP contribution in [0.4, 0.5) is 0 Å². The van der Waals surface area contributed by atoms with Gasteiger partial charge in [-0.3, -0.25) is 4.79 Å². The molecule has 1 atom stereocenters. The fraction of sp³-hybridized carbons (Fsp3) is 0.588. The zero-order chi connectivity index (χ0) is 15.0. The van der Waals surface area contributed by atoms with Gasteiger partial charge in [-0.25, -0.2) is 0 Å². The van der Waals surface area contributed by atoms with E-state index < -0.39 is 11.9 Å². The number of carbonyl (C=O) groups is 1. The summed E-state index contributed by atoms with van der Waals surface area (Å²) in [5.41, 5.74) is 4.51. The van der Waals surface area contributed by atoms with Gasteiger partial charge in [0.15, 0.2) is 0 Å². The smallest absolute Gasteiger partial charge is 0.311 e. The Morgan fingerprint density at radius 1 is 1.11 bits per heavy atom. The van der Waals surface area contributed by atoms with E-state index in [0.717, 1.165) is 16.7 Å². The zero-order valence-electron chi connectivity index (χ0n) is 13.2. The summed E-state index contributed by atoms with van der Waals surface area (Å²) in [6.07, 6.45) is 0. The molecule has 2 heteroatoms. The van der Waals surface area contributed by atoms with Gasteiger partial charge >= 0.3 is 5.97 Å². The summed E-state index contributed by atoms with van der Waals surface area (Å²) in [6.45, 7) is 14.5. The van der Waals surface area contributed by atoms with Crippen LogP contribution in [0.2, 0.25) is 0 Å². The van der Waals surface area contributed by atoms with Gasteiger partial charge < -0.3 is 5.11 Å². The van der Waals surface area contributed by atoms with Crippen molar-refractivity contribution < 1.29 is 9.90 Å². The number of aryl methyl sites for hydroxylation is 2. The summed E-state index contributed by atoms with van der Waals surface area (Å²) in [5, 5.41) is 9.48. The minimum Gasteiger partial charge on any atom is -0.481 e. The SMILES string of the molecule is Cc1cc(C(C)(C)C)cc(C)c1C(C(=O)O)C(C)C. The van der Waals surface area contributed by atoms with Crippen LogP contribution < -0.4 is 0 Å². The normalized spacial score (nSPS) is 13.7. The first kappa shape index (κ1) is 15.7. The van der Waals surface area contributed by atoms with Crippen molar-refractivity contribution in [2.75, 3.05) is 0 Å². The van der Waals surface area contributed by atoms with Crippen molar-refractivity contribution in [1.29, 1.82) is 0 Å². The molecule has 1 rings (SSSR count). The molecule has 0 aliphatic carbocycles. The molecule has 0 aliphatic heterocycles. The predicted octanol–water partition coefficient (Wildman–Crippen LogP) is 4.43. The average molecular weight is 262 g/mol. The van der Waals surface area contributed by atoms with Gasteiger partial charge in [0.25, 0.3) is 0 Å². The topological polar surface area (TPSA) is 37.3 Å². The standard InChI is InChI=1S/C17H26O2/c1-10(2)14(16(18)19)15-11(3)8-13(9-12(15)4)17(5,6)7/h8-10,14H,1-7H3,(H,18,19). The van der Waals surface area contributed by atoms with Crippen LogP contribution in [-0.2, 0) is 10.2 Å². The lowest BCUT2D eigenvalue weighted by atomic mass is 9.79. The third-order valence-corrected chi connectivity index (χ3v) is 3.70. The maximum absolute atomic E-state index is 11.5. The highest BCUT2D eigenvalue weighted by Crippen LogP contribution is 2.34. The molecule has 19 heavy (non-hydrogen) atoms. The highest BCUT2D eigenvalue weighted by atomic mass is 16.4. The number of aliphatic carboxylic acids is 1. The lowest BCUT2D eigenvalue weighted by molar-refractivity contribution is -0.139. The van der Waals surface area contributed by atoms with Crippen LogP contribution in [0.3, 0.4) is 0 Å². The van der Waals surface area contributed by atoms with E-state index >= 15 is 0 Å². The number of hydrogen-bond acceptors (Lipinski definition) is 1. The van der Waals surface area contributed by atoms with Crippen molar-refractivity contribution in [3.05, 3.63) is 34.4 Å². The number of benzene rings is 1. The number of carboxylic acid groups (broad SMARTS) is 1. The third-order valence-electron chi connectivity index (χ3n) is 3.70. The van der Waals surface area contributed by atoms with Crippen molar-refractivity contribution >= 4 is 5.97 Å². The van der Waals surface area contributed by atoms with Crippen LogP contribution in [-0.4, -0.2) is 11.1 Å². The first-order valence-electron chi connectivity index (χ1n) is 6.90. The summed E-state index contributed by atoms with van der Waals surface area (Å²) in [6, 6.07) is 4.28. The van der Waals surface area contributed by atoms with Crippen LogP contribution in [0.1, 0.15) is 62.8 Å². The quantitative estimate of drug-likeness (QED) is 0.875. The fourth-order valence-electron chi connectivity index (χ4n) is 2.64. The molecule has 1 aromatic carbocycles. The lowest BCUT2D eigenvalue weighted by Gasteiger charge is -2.26. The first-order valence-corrected chi connectivity index (χ1v) is 6.90. The van der Waals surface area contributed by atoms with E-state index in [1.165, 1.54) is 5.56 Å². The molecule has 1 aromatic rings. The van der Waals surface area contributed by atoms with Crippen LogP contribution in [0.25, 0.3) is 0 Å². The summed E-state index contributed by atoms with van der Waals surface area (Å²) < 4.78 is 0. The lowest BCUT2D eigenvalue weighted by Crippen LogP contribution is -2.21. The molecule has 0 aliphatic rings. The molecule has 0 fully saturated rings. The van der Waals surface area contributed by atoms with E-state index in [2.05, 4.69) is 32.9 Å². The molecule has 0 spiro atoms. The first-order chi connectivity index (χ1) is 8.55. The number of rotatable bonds is 3. The Morgan fingerprint density at radius 3 is 1.79 bits per heavy atom. The Hall–Kier alpha value is -1.31. The molecule has 0 saturated carbocycles. The molecule has 1 N–H and O–H groups in total. The van der Waals surface area contributed by atoms with Gasteiger partial charge in [-0.15, -0.1) is 0 Å². The Labute approximate surface area is 116 Å². The zero-order valence-corrected chi connectivity index (χ0v) is 13.2. The van der Waals surface area contributed by atoms with E-state index in [1.807, 2.05) is 27.7 Å². The van der Waals surface area contributed by atoms with Gasteiger partial charge in [-0.2, -0.15) is 0 Å². The minimum atomic E-state index is -0.732. The fourth-order valence-corrected chi connectivity index (χ4v) is 2.64. The predicted molar refractivity (Wildman–Crippen MR) is 79.8 cm³/mol. The van der Waals surface area contributed by atoms with E-state index in [1.54, 1.807) is 0 Å². The summed E-state index contributed by atoms with van der Waals surface area (Å²) in [5.74, 6) is -1.06. The van der Waals surface area contributed by atoms with Crippen LogP contribution in [0.5, 0.6) is 0 Å². The second-order valence-electron chi connectivity index (χ2n) is 6.83. The van der Waals surface area contributed by atoms with Crippen molar-refractivity contribution in [2.45, 2.75) is 59.8 Å². The molecule has 0 heterocycles. The molecular formula is C17H26O2. The largest absolute Gasteiger partial charge is 0.481 e. The number of hydrogen-bond donors (Lipinski definition) is 1. The summed E-state index contributed by atoms with van der Waals surface area (Å²) in [7, 11) is 0. The van der Waals surface area contributed by atoms with E-state index in [-0.39, 0.29) is 11.3 Å². The van der Waals surface area contributed by atoms with Crippen LogP contribution in [0.15, 0.2) is 12.1 Å². The van der Waals surface area contributed by atoms with Crippen molar-refractivity contribution in [2.24, 2.45) is 5.92 Å². The molecule has 106 valence electrons. The van der Waals surface area contributed by atoms with Gasteiger partial charge in [-0.05, 0) is 47.4 Å². The monoisotopic (exact) mass is 262 g/mol. The Bertz CT molecular complexity index is 456. The van der Waals surface area contributed by atoms with Gasteiger partial charge in [0, 0.05) is 0 Å². The third kappa shape index (κ3) is 3.37. The molecular weight excluding hydrogens is 236 g/mol. The van der Waals surface area contributed by atoms with Crippen molar-refractivity contribution in [3.8, 4) is 0 Å². The number of carboxylic acids is 1. The van der Waals surface area contributed by atoms with E-state index in [4.69, 9.17) is 0 Å². The van der Waals surface area contributed by atoms with Crippen molar-refractivity contribution in [1.82, 2.24) is 0 Å². The molecule has 1 unspecified atom stereocenters. The maximum atomic E-state index is 11.5. The Balaban J connectivity index is 3.43. The van der Waals surface area contributed by atoms with Gasteiger partial charge in [0.05, 0.1) is 5.92 Å². The second-order valence-corrected chi connectivity index (χ2v) is 6.83. The Morgan fingerprint density at radius 2 is 1.53 bits per heavy atom. The average Bonchev–Trinajstić information content (AvgIpc) is 2.20. The van der Waals surface area contributed by atoms with Crippen LogP contribution >= 0.6 is 0 Å². The van der Waals surface area contributed by atoms with Gasteiger partial charge in [0.1, 0.15) is 0 Å². The highest BCUT2D eigenvalue weighted by Gasteiger charge is 2.27. The molecule has 2 nitrogen and oxygen atoms in total. The highest BCUT2D eigenvalue weighted by molar-refractivity contribution is 5.77. The Kier molecular flexibility index (Phi) is 4.44. The minimum absolute atomic E-state index is 0.0879. The molecule has 0 saturated heterocycles.